The minimum absolute atomic E-state index is 0.0716. The Morgan fingerprint density at radius 1 is 1.33 bits per heavy atom. The molecule has 18 heavy (non-hydrogen) atoms. The van der Waals surface area contributed by atoms with Crippen molar-refractivity contribution in [2.45, 2.75) is 25.3 Å². The minimum atomic E-state index is 0.0716. The largest absolute Gasteiger partial charge is 0.394 e. The Morgan fingerprint density at radius 2 is 2.11 bits per heavy atom. The molecule has 2 aromatic rings. The molecule has 4 nitrogen and oxygen atoms in total. The van der Waals surface area contributed by atoms with Crippen LogP contribution in [0.25, 0.3) is 11.4 Å². The van der Waals surface area contributed by atoms with Crippen LogP contribution in [-0.2, 0) is 6.42 Å². The van der Waals surface area contributed by atoms with Crippen LogP contribution in [0.2, 0.25) is 5.02 Å². The fourth-order valence-electron chi connectivity index (χ4n) is 2.33. The van der Waals surface area contributed by atoms with Gasteiger partial charge in [0.05, 0.1) is 12.6 Å². The van der Waals surface area contributed by atoms with E-state index in [1.54, 1.807) is 0 Å². The van der Waals surface area contributed by atoms with Crippen LogP contribution in [0.5, 0.6) is 0 Å². The van der Waals surface area contributed by atoms with Gasteiger partial charge in [-0.15, -0.1) is 0 Å². The summed E-state index contributed by atoms with van der Waals surface area (Å²) in [6.07, 6.45) is 2.95. The van der Waals surface area contributed by atoms with Crippen molar-refractivity contribution in [2.24, 2.45) is 0 Å². The van der Waals surface area contributed by atoms with Gasteiger partial charge in [0.25, 0.3) is 0 Å². The average Bonchev–Trinajstić information content (AvgIpc) is 2.83. The summed E-state index contributed by atoms with van der Waals surface area (Å²) in [5.41, 5.74) is 0.956. The number of rotatable bonds is 2. The maximum Gasteiger partial charge on any atom is 0.181 e. The summed E-state index contributed by atoms with van der Waals surface area (Å²) in [6.45, 7) is 0.121. The number of nitrogens with zero attached hydrogens (tertiary/aromatic N) is 3. The Morgan fingerprint density at radius 3 is 2.83 bits per heavy atom. The van der Waals surface area contributed by atoms with Crippen LogP contribution < -0.4 is 0 Å². The number of aliphatic hydroxyl groups is 1. The molecule has 0 aliphatic carbocycles. The van der Waals surface area contributed by atoms with Crippen LogP contribution in [-0.4, -0.2) is 26.5 Å². The number of halogens is 1. The minimum Gasteiger partial charge on any atom is -0.394 e. The molecule has 1 unspecified atom stereocenters. The van der Waals surface area contributed by atoms with Gasteiger partial charge in [0.1, 0.15) is 5.82 Å². The van der Waals surface area contributed by atoms with Crippen LogP contribution in [0.1, 0.15) is 24.7 Å². The first kappa shape index (κ1) is 11.7. The van der Waals surface area contributed by atoms with Crippen LogP contribution in [0.15, 0.2) is 24.3 Å². The van der Waals surface area contributed by atoms with E-state index >= 15 is 0 Å². The quantitative estimate of drug-likeness (QED) is 0.906. The predicted molar refractivity (Wildman–Crippen MR) is 69.5 cm³/mol. The van der Waals surface area contributed by atoms with Gasteiger partial charge in [-0.1, -0.05) is 11.6 Å². The maximum absolute atomic E-state index is 9.35. The zero-order valence-corrected chi connectivity index (χ0v) is 10.6. The predicted octanol–water partition coefficient (Wildman–Crippen LogP) is 2.47. The molecule has 0 bridgehead atoms. The van der Waals surface area contributed by atoms with Crippen molar-refractivity contribution in [2.75, 3.05) is 6.61 Å². The molecule has 0 saturated carbocycles. The van der Waals surface area contributed by atoms with Crippen molar-refractivity contribution in [1.29, 1.82) is 0 Å². The van der Waals surface area contributed by atoms with Crippen molar-refractivity contribution in [3.8, 4) is 11.4 Å². The number of fused-ring (bicyclic) bond motifs is 1. The summed E-state index contributed by atoms with van der Waals surface area (Å²) in [5, 5.41) is 14.6. The number of hydrogen-bond donors (Lipinski definition) is 1. The molecule has 1 aromatic heterocycles. The summed E-state index contributed by atoms with van der Waals surface area (Å²) in [7, 11) is 0. The Labute approximate surface area is 110 Å². The molecule has 1 aliphatic rings. The zero-order valence-electron chi connectivity index (χ0n) is 9.88. The van der Waals surface area contributed by atoms with Gasteiger partial charge in [-0.3, -0.25) is 0 Å². The summed E-state index contributed by atoms with van der Waals surface area (Å²) >= 11 is 5.87. The lowest BCUT2D eigenvalue weighted by Crippen LogP contribution is -2.21. The first-order valence-corrected chi connectivity index (χ1v) is 6.48. The van der Waals surface area contributed by atoms with Gasteiger partial charge in [-0.25, -0.2) is 9.67 Å². The number of aliphatic hydroxyl groups excluding tert-OH is 1. The Balaban J connectivity index is 1.99. The highest BCUT2D eigenvalue weighted by atomic mass is 35.5. The van der Waals surface area contributed by atoms with Crippen LogP contribution >= 0.6 is 11.6 Å². The third kappa shape index (κ3) is 2.02. The lowest BCUT2D eigenvalue weighted by atomic mass is 10.1. The first-order valence-electron chi connectivity index (χ1n) is 6.10. The van der Waals surface area contributed by atoms with Gasteiger partial charge >= 0.3 is 0 Å². The molecule has 3 rings (SSSR count). The Kier molecular flexibility index (Phi) is 3.06. The Bertz CT molecular complexity index is 550. The molecule has 1 aliphatic heterocycles. The summed E-state index contributed by atoms with van der Waals surface area (Å²) in [4.78, 5) is 4.55. The summed E-state index contributed by atoms with van der Waals surface area (Å²) in [5.74, 6) is 1.67. The molecule has 0 spiro atoms. The fraction of sp³-hybridized carbons (Fsp3) is 0.385. The van der Waals surface area contributed by atoms with Gasteiger partial charge in [0.15, 0.2) is 5.82 Å². The second kappa shape index (κ2) is 4.71. The van der Waals surface area contributed by atoms with Crippen LogP contribution in [0, 0.1) is 0 Å². The van der Waals surface area contributed by atoms with Crippen molar-refractivity contribution in [1.82, 2.24) is 14.8 Å². The molecule has 1 atom stereocenters. The molecule has 5 heteroatoms. The van der Waals surface area contributed by atoms with Crippen molar-refractivity contribution in [3.05, 3.63) is 35.1 Å². The van der Waals surface area contributed by atoms with Gasteiger partial charge < -0.3 is 5.11 Å². The number of benzene rings is 1. The van der Waals surface area contributed by atoms with E-state index in [-0.39, 0.29) is 12.6 Å². The number of aryl methyl sites for hydroxylation is 1. The molecule has 2 heterocycles. The van der Waals surface area contributed by atoms with Gasteiger partial charge in [0, 0.05) is 17.0 Å². The highest BCUT2D eigenvalue weighted by Gasteiger charge is 2.22. The monoisotopic (exact) mass is 263 g/mol. The smallest absolute Gasteiger partial charge is 0.181 e. The van der Waals surface area contributed by atoms with E-state index in [4.69, 9.17) is 11.6 Å². The maximum atomic E-state index is 9.35. The van der Waals surface area contributed by atoms with Gasteiger partial charge in [0.2, 0.25) is 0 Å². The molecule has 0 amide bonds. The van der Waals surface area contributed by atoms with E-state index in [2.05, 4.69) is 10.1 Å². The molecule has 0 fully saturated rings. The van der Waals surface area contributed by atoms with Gasteiger partial charge in [-0.05, 0) is 37.1 Å². The molecule has 0 radical (unpaired) electrons. The van der Waals surface area contributed by atoms with Crippen LogP contribution in [0.4, 0.5) is 0 Å². The Hall–Kier alpha value is -1.39. The summed E-state index contributed by atoms with van der Waals surface area (Å²) in [6, 6.07) is 7.57. The number of aromatic nitrogens is 3. The average molecular weight is 264 g/mol. The molecule has 1 aromatic carbocycles. The first-order chi connectivity index (χ1) is 8.78. The lowest BCUT2D eigenvalue weighted by Gasteiger charge is -2.20. The van der Waals surface area contributed by atoms with Crippen molar-refractivity contribution < 1.29 is 5.11 Å². The molecule has 1 N–H and O–H groups in total. The summed E-state index contributed by atoms with van der Waals surface area (Å²) < 4.78 is 1.87. The third-order valence-electron chi connectivity index (χ3n) is 3.30. The molecule has 94 valence electrons. The second-order valence-electron chi connectivity index (χ2n) is 4.53. The van der Waals surface area contributed by atoms with E-state index < -0.39 is 0 Å². The highest BCUT2D eigenvalue weighted by molar-refractivity contribution is 6.30. The van der Waals surface area contributed by atoms with E-state index in [0.717, 1.165) is 30.7 Å². The zero-order chi connectivity index (χ0) is 12.5. The highest BCUT2D eigenvalue weighted by Crippen LogP contribution is 2.26. The van der Waals surface area contributed by atoms with Crippen molar-refractivity contribution >= 4 is 11.6 Å². The standard InChI is InChI=1S/C13H14ClN3O/c14-10-6-4-9(5-7-10)13-15-12-3-1-2-11(8-18)17(12)16-13/h4-7,11,18H,1-3,8H2. The van der Waals surface area contributed by atoms with E-state index in [0.29, 0.717) is 10.8 Å². The fourth-order valence-corrected chi connectivity index (χ4v) is 2.45. The molecule has 0 saturated heterocycles. The lowest BCUT2D eigenvalue weighted by molar-refractivity contribution is 0.195. The SMILES string of the molecule is OCC1CCCc2nc(-c3ccc(Cl)cc3)nn21. The van der Waals surface area contributed by atoms with Crippen LogP contribution in [0.3, 0.4) is 0 Å². The molecular weight excluding hydrogens is 250 g/mol. The van der Waals surface area contributed by atoms with E-state index in [9.17, 15) is 5.11 Å². The van der Waals surface area contributed by atoms with Crippen molar-refractivity contribution in [3.63, 3.8) is 0 Å². The second-order valence-corrected chi connectivity index (χ2v) is 4.97. The van der Waals surface area contributed by atoms with E-state index in [1.807, 2.05) is 28.9 Å². The number of hydrogen-bond acceptors (Lipinski definition) is 3. The normalized spacial score (nSPS) is 18.7. The molecular formula is C13H14ClN3O. The third-order valence-corrected chi connectivity index (χ3v) is 3.55. The topological polar surface area (TPSA) is 50.9 Å². The van der Waals surface area contributed by atoms with E-state index in [1.165, 1.54) is 0 Å². The van der Waals surface area contributed by atoms with Gasteiger partial charge in [-0.2, -0.15) is 5.10 Å².